The second-order valence-corrected chi connectivity index (χ2v) is 6.81. The Morgan fingerprint density at radius 1 is 1.00 bits per heavy atom. The fourth-order valence-corrected chi connectivity index (χ4v) is 3.16. The van der Waals surface area contributed by atoms with Crippen LogP contribution in [0.25, 0.3) is 0 Å². The average Bonchev–Trinajstić information content (AvgIpc) is 2.68. The van der Waals surface area contributed by atoms with Crippen molar-refractivity contribution >= 4 is 17.5 Å². The van der Waals surface area contributed by atoms with Gasteiger partial charge in [0.25, 0.3) is 0 Å². The highest BCUT2D eigenvalue weighted by molar-refractivity contribution is 5.59. The van der Waals surface area contributed by atoms with Crippen molar-refractivity contribution in [2.75, 3.05) is 30.4 Å². The minimum absolute atomic E-state index is 0.719. The standard InChI is InChI=1S/C23H28N4O/c1-5-27(20-10-6-8-17(2)14-20)23-25-18(3)15-22(26-23)24-13-12-19-9-7-11-21(16-19)28-4/h6-11,14-16H,5,12-13H2,1-4H3,(H,24,25,26). The summed E-state index contributed by atoms with van der Waals surface area (Å²) in [6.45, 7) is 7.81. The van der Waals surface area contributed by atoms with Gasteiger partial charge in [-0.05, 0) is 62.6 Å². The number of nitrogens with one attached hydrogen (secondary N) is 1. The van der Waals surface area contributed by atoms with Gasteiger partial charge in [-0.1, -0.05) is 24.3 Å². The van der Waals surface area contributed by atoms with Crippen LogP contribution >= 0.6 is 0 Å². The van der Waals surface area contributed by atoms with Crippen molar-refractivity contribution in [1.29, 1.82) is 0 Å². The van der Waals surface area contributed by atoms with E-state index in [4.69, 9.17) is 9.72 Å². The molecule has 0 amide bonds. The molecule has 0 aliphatic heterocycles. The first-order chi connectivity index (χ1) is 13.6. The van der Waals surface area contributed by atoms with Crippen LogP contribution in [-0.4, -0.2) is 30.2 Å². The molecule has 0 bridgehead atoms. The molecule has 1 aromatic heterocycles. The fraction of sp³-hybridized carbons (Fsp3) is 0.304. The molecule has 146 valence electrons. The van der Waals surface area contributed by atoms with Gasteiger partial charge in [0.05, 0.1) is 7.11 Å². The van der Waals surface area contributed by atoms with Gasteiger partial charge in [-0.25, -0.2) is 4.98 Å². The smallest absolute Gasteiger partial charge is 0.232 e. The molecule has 2 aromatic carbocycles. The van der Waals surface area contributed by atoms with Crippen molar-refractivity contribution in [1.82, 2.24) is 9.97 Å². The number of rotatable bonds is 8. The number of aromatic nitrogens is 2. The molecule has 0 unspecified atom stereocenters. The lowest BCUT2D eigenvalue weighted by Gasteiger charge is -2.22. The van der Waals surface area contributed by atoms with E-state index in [9.17, 15) is 0 Å². The Morgan fingerprint density at radius 3 is 2.57 bits per heavy atom. The molecule has 5 nitrogen and oxygen atoms in total. The van der Waals surface area contributed by atoms with Gasteiger partial charge in [0.1, 0.15) is 11.6 Å². The van der Waals surface area contributed by atoms with Crippen LogP contribution in [0.3, 0.4) is 0 Å². The maximum Gasteiger partial charge on any atom is 0.232 e. The average molecular weight is 377 g/mol. The van der Waals surface area contributed by atoms with E-state index in [2.05, 4.69) is 65.4 Å². The van der Waals surface area contributed by atoms with Gasteiger partial charge in [0.2, 0.25) is 5.95 Å². The summed E-state index contributed by atoms with van der Waals surface area (Å²) in [5.41, 5.74) is 4.50. The maximum absolute atomic E-state index is 5.29. The summed E-state index contributed by atoms with van der Waals surface area (Å²) >= 11 is 0. The SMILES string of the molecule is CCN(c1cccc(C)c1)c1nc(C)cc(NCCc2cccc(OC)c2)n1. The second-order valence-electron chi connectivity index (χ2n) is 6.81. The molecule has 0 saturated heterocycles. The highest BCUT2D eigenvalue weighted by atomic mass is 16.5. The van der Waals surface area contributed by atoms with Crippen LogP contribution in [0.2, 0.25) is 0 Å². The van der Waals surface area contributed by atoms with E-state index in [1.165, 1.54) is 11.1 Å². The van der Waals surface area contributed by atoms with E-state index in [-0.39, 0.29) is 0 Å². The summed E-state index contributed by atoms with van der Waals surface area (Å²) in [6, 6.07) is 18.6. The third kappa shape index (κ3) is 5.00. The highest BCUT2D eigenvalue weighted by Crippen LogP contribution is 2.24. The molecule has 1 N–H and O–H groups in total. The van der Waals surface area contributed by atoms with E-state index in [0.717, 1.165) is 48.4 Å². The predicted octanol–water partition coefficient (Wildman–Crippen LogP) is 4.91. The molecule has 0 aliphatic rings. The van der Waals surface area contributed by atoms with Crippen LogP contribution in [0, 0.1) is 13.8 Å². The van der Waals surface area contributed by atoms with E-state index in [1.807, 2.05) is 25.1 Å². The number of ether oxygens (including phenoxy) is 1. The molecule has 5 heteroatoms. The first kappa shape index (κ1) is 19.7. The zero-order valence-corrected chi connectivity index (χ0v) is 17.1. The monoisotopic (exact) mass is 376 g/mol. The topological polar surface area (TPSA) is 50.3 Å². The molecule has 0 saturated carbocycles. The fourth-order valence-electron chi connectivity index (χ4n) is 3.16. The number of benzene rings is 2. The number of nitrogens with zero attached hydrogens (tertiary/aromatic N) is 3. The lowest BCUT2D eigenvalue weighted by Crippen LogP contribution is -2.20. The highest BCUT2D eigenvalue weighted by Gasteiger charge is 2.12. The van der Waals surface area contributed by atoms with Crippen molar-refractivity contribution in [3.63, 3.8) is 0 Å². The van der Waals surface area contributed by atoms with Gasteiger partial charge in [0.15, 0.2) is 0 Å². The zero-order valence-electron chi connectivity index (χ0n) is 17.1. The van der Waals surface area contributed by atoms with Gasteiger partial charge in [-0.2, -0.15) is 4.98 Å². The van der Waals surface area contributed by atoms with Crippen LogP contribution in [0.5, 0.6) is 5.75 Å². The maximum atomic E-state index is 5.29. The molecule has 0 atom stereocenters. The van der Waals surface area contributed by atoms with E-state index in [1.54, 1.807) is 7.11 Å². The number of hydrogen-bond donors (Lipinski definition) is 1. The molecular weight excluding hydrogens is 348 g/mol. The Morgan fingerprint density at radius 2 is 1.82 bits per heavy atom. The minimum Gasteiger partial charge on any atom is -0.497 e. The first-order valence-corrected chi connectivity index (χ1v) is 9.65. The van der Waals surface area contributed by atoms with Crippen LogP contribution < -0.4 is 15.0 Å². The summed E-state index contributed by atoms with van der Waals surface area (Å²) in [5, 5.41) is 3.44. The summed E-state index contributed by atoms with van der Waals surface area (Å²) in [7, 11) is 1.69. The molecule has 0 spiro atoms. The third-order valence-electron chi connectivity index (χ3n) is 4.57. The summed E-state index contributed by atoms with van der Waals surface area (Å²) in [5.74, 6) is 2.45. The van der Waals surface area contributed by atoms with Crippen LogP contribution in [-0.2, 0) is 6.42 Å². The minimum atomic E-state index is 0.719. The van der Waals surface area contributed by atoms with Gasteiger partial charge in [-0.15, -0.1) is 0 Å². The Balaban J connectivity index is 1.73. The van der Waals surface area contributed by atoms with Gasteiger partial charge < -0.3 is 15.0 Å². The lowest BCUT2D eigenvalue weighted by atomic mass is 10.1. The molecule has 3 rings (SSSR count). The molecule has 0 aliphatic carbocycles. The number of aryl methyl sites for hydroxylation is 2. The van der Waals surface area contributed by atoms with Crippen molar-refractivity contribution in [3.05, 3.63) is 71.4 Å². The van der Waals surface area contributed by atoms with Gasteiger partial charge >= 0.3 is 0 Å². The van der Waals surface area contributed by atoms with Crippen molar-refractivity contribution in [2.45, 2.75) is 27.2 Å². The largest absolute Gasteiger partial charge is 0.497 e. The van der Waals surface area contributed by atoms with Gasteiger partial charge in [0, 0.05) is 30.5 Å². The van der Waals surface area contributed by atoms with E-state index < -0.39 is 0 Å². The van der Waals surface area contributed by atoms with Crippen molar-refractivity contribution in [2.24, 2.45) is 0 Å². The molecule has 1 heterocycles. The van der Waals surface area contributed by atoms with Crippen LogP contribution in [0.1, 0.15) is 23.7 Å². The van der Waals surface area contributed by atoms with Crippen LogP contribution in [0.15, 0.2) is 54.6 Å². The molecule has 3 aromatic rings. The quantitative estimate of drug-likeness (QED) is 0.605. The van der Waals surface area contributed by atoms with Crippen molar-refractivity contribution < 1.29 is 4.74 Å². The summed E-state index contributed by atoms with van der Waals surface area (Å²) in [6.07, 6.45) is 0.894. The zero-order chi connectivity index (χ0) is 19.9. The van der Waals surface area contributed by atoms with E-state index >= 15 is 0 Å². The Kier molecular flexibility index (Phi) is 6.48. The third-order valence-corrected chi connectivity index (χ3v) is 4.57. The number of hydrogen-bond acceptors (Lipinski definition) is 5. The molecular formula is C23H28N4O. The summed E-state index contributed by atoms with van der Waals surface area (Å²) in [4.78, 5) is 11.5. The Hall–Kier alpha value is -3.08. The molecule has 0 radical (unpaired) electrons. The second kappa shape index (κ2) is 9.22. The molecule has 0 fully saturated rings. The Bertz CT molecular complexity index is 926. The summed E-state index contributed by atoms with van der Waals surface area (Å²) < 4.78 is 5.29. The van der Waals surface area contributed by atoms with E-state index in [0.29, 0.717) is 0 Å². The first-order valence-electron chi connectivity index (χ1n) is 9.65. The van der Waals surface area contributed by atoms with Crippen LogP contribution in [0.4, 0.5) is 17.5 Å². The Labute approximate surface area is 167 Å². The molecule has 28 heavy (non-hydrogen) atoms. The van der Waals surface area contributed by atoms with Gasteiger partial charge in [-0.3, -0.25) is 0 Å². The predicted molar refractivity (Wildman–Crippen MR) is 116 cm³/mol. The number of methoxy groups -OCH3 is 1. The normalized spacial score (nSPS) is 10.6. The lowest BCUT2D eigenvalue weighted by molar-refractivity contribution is 0.414. The van der Waals surface area contributed by atoms with Crippen molar-refractivity contribution in [3.8, 4) is 5.75 Å². The number of anilines is 3.